The molecule has 0 bridgehead atoms. The van der Waals surface area contributed by atoms with E-state index in [1.807, 2.05) is 30.3 Å². The molecule has 1 saturated carbocycles. The highest BCUT2D eigenvalue weighted by atomic mass is 35.5. The summed E-state index contributed by atoms with van der Waals surface area (Å²) in [6.45, 7) is 2.29. The van der Waals surface area contributed by atoms with Crippen LogP contribution in [0.4, 0.5) is 0 Å². The second-order valence-corrected chi connectivity index (χ2v) is 6.03. The molecular formula is C16H22ClNO. The Balaban J connectivity index is 1.90. The summed E-state index contributed by atoms with van der Waals surface area (Å²) in [6.07, 6.45) is 5.82. The van der Waals surface area contributed by atoms with E-state index in [1.165, 1.54) is 19.3 Å². The van der Waals surface area contributed by atoms with Gasteiger partial charge in [-0.1, -0.05) is 50.1 Å². The van der Waals surface area contributed by atoms with E-state index in [-0.39, 0.29) is 5.91 Å². The second-order valence-electron chi connectivity index (χ2n) is 5.59. The summed E-state index contributed by atoms with van der Waals surface area (Å²) in [5, 5.41) is 2.53. The summed E-state index contributed by atoms with van der Waals surface area (Å²) in [5.74, 6) is 0.718. The smallest absolute Gasteiger partial charge is 0.242 e. The number of benzene rings is 1. The van der Waals surface area contributed by atoms with Crippen molar-refractivity contribution >= 4 is 17.5 Å². The topological polar surface area (TPSA) is 29.1 Å². The number of amides is 1. The Morgan fingerprint density at radius 2 is 1.95 bits per heavy atom. The summed E-state index contributed by atoms with van der Waals surface area (Å²) >= 11 is 6.23. The molecule has 1 N–H and O–H groups in total. The third-order valence-corrected chi connectivity index (χ3v) is 4.38. The minimum Gasteiger partial charge on any atom is -0.352 e. The average molecular weight is 280 g/mol. The molecular weight excluding hydrogens is 258 g/mol. The number of carbonyl (C=O) groups is 1. The molecule has 2 nitrogen and oxygen atoms in total. The fraction of sp³-hybridized carbons (Fsp3) is 0.562. The molecule has 1 amide bonds. The standard InChI is InChI=1S/C16H22ClNO/c1-12-6-5-9-14(11-10-12)18-16(19)15(17)13-7-3-2-4-8-13/h2-4,7-8,12,14-15H,5-6,9-11H2,1H3,(H,18,19). The van der Waals surface area contributed by atoms with Crippen molar-refractivity contribution in [2.45, 2.75) is 50.4 Å². The van der Waals surface area contributed by atoms with Crippen molar-refractivity contribution in [2.24, 2.45) is 5.92 Å². The first-order valence-electron chi connectivity index (χ1n) is 7.16. The highest BCUT2D eigenvalue weighted by Crippen LogP contribution is 2.25. The van der Waals surface area contributed by atoms with Crippen molar-refractivity contribution in [2.75, 3.05) is 0 Å². The van der Waals surface area contributed by atoms with Crippen LogP contribution in [-0.2, 0) is 4.79 Å². The summed E-state index contributed by atoms with van der Waals surface area (Å²) < 4.78 is 0. The Bertz CT molecular complexity index is 406. The molecule has 1 fully saturated rings. The van der Waals surface area contributed by atoms with Crippen LogP contribution >= 0.6 is 11.6 Å². The molecule has 19 heavy (non-hydrogen) atoms. The molecule has 0 spiro atoms. The molecule has 2 rings (SSSR count). The van der Waals surface area contributed by atoms with Crippen LogP contribution in [0.5, 0.6) is 0 Å². The van der Waals surface area contributed by atoms with Gasteiger partial charge in [-0.2, -0.15) is 0 Å². The molecule has 3 heteroatoms. The molecule has 3 unspecified atom stereocenters. The van der Waals surface area contributed by atoms with E-state index in [0.717, 1.165) is 24.3 Å². The number of hydrogen-bond acceptors (Lipinski definition) is 1. The minimum atomic E-state index is -0.582. The summed E-state index contributed by atoms with van der Waals surface area (Å²) in [6, 6.07) is 9.83. The number of alkyl halides is 1. The van der Waals surface area contributed by atoms with E-state index in [1.54, 1.807) is 0 Å². The molecule has 0 radical (unpaired) electrons. The monoisotopic (exact) mass is 279 g/mol. The number of rotatable bonds is 3. The van der Waals surface area contributed by atoms with Crippen LogP contribution in [0.3, 0.4) is 0 Å². The Hall–Kier alpha value is -1.02. The lowest BCUT2D eigenvalue weighted by Gasteiger charge is -2.18. The number of carbonyl (C=O) groups excluding carboxylic acids is 1. The van der Waals surface area contributed by atoms with Gasteiger partial charge in [0.25, 0.3) is 0 Å². The molecule has 0 aliphatic heterocycles. The van der Waals surface area contributed by atoms with E-state index in [9.17, 15) is 4.79 Å². The fourth-order valence-corrected chi connectivity index (χ4v) is 2.89. The molecule has 0 saturated heterocycles. The van der Waals surface area contributed by atoms with Gasteiger partial charge >= 0.3 is 0 Å². The van der Waals surface area contributed by atoms with Crippen molar-refractivity contribution < 1.29 is 4.79 Å². The zero-order chi connectivity index (χ0) is 13.7. The van der Waals surface area contributed by atoms with Gasteiger partial charge in [0.2, 0.25) is 5.91 Å². The van der Waals surface area contributed by atoms with E-state index >= 15 is 0 Å². The van der Waals surface area contributed by atoms with Crippen molar-refractivity contribution in [3.8, 4) is 0 Å². The maximum absolute atomic E-state index is 12.2. The Morgan fingerprint density at radius 3 is 2.68 bits per heavy atom. The fourth-order valence-electron chi connectivity index (χ4n) is 2.68. The van der Waals surface area contributed by atoms with E-state index in [4.69, 9.17) is 11.6 Å². The van der Waals surface area contributed by atoms with Crippen LogP contribution < -0.4 is 5.32 Å². The first-order chi connectivity index (χ1) is 9.16. The van der Waals surface area contributed by atoms with Gasteiger partial charge in [-0.05, 0) is 30.7 Å². The summed E-state index contributed by atoms with van der Waals surface area (Å²) in [7, 11) is 0. The zero-order valence-electron chi connectivity index (χ0n) is 11.4. The van der Waals surface area contributed by atoms with Gasteiger partial charge in [0, 0.05) is 6.04 Å². The van der Waals surface area contributed by atoms with Crippen LogP contribution in [0, 0.1) is 5.92 Å². The lowest BCUT2D eigenvalue weighted by molar-refractivity contribution is -0.121. The summed E-state index contributed by atoms with van der Waals surface area (Å²) in [5.41, 5.74) is 0.864. The molecule has 0 aromatic heterocycles. The lowest BCUT2D eigenvalue weighted by Crippen LogP contribution is -2.36. The van der Waals surface area contributed by atoms with Crippen molar-refractivity contribution in [1.82, 2.24) is 5.32 Å². The van der Waals surface area contributed by atoms with Gasteiger partial charge in [-0.3, -0.25) is 4.79 Å². The van der Waals surface area contributed by atoms with Gasteiger partial charge in [0.05, 0.1) is 0 Å². The van der Waals surface area contributed by atoms with E-state index in [0.29, 0.717) is 6.04 Å². The predicted molar refractivity (Wildman–Crippen MR) is 79.2 cm³/mol. The van der Waals surface area contributed by atoms with Crippen LogP contribution in [0.15, 0.2) is 30.3 Å². The van der Waals surface area contributed by atoms with Crippen LogP contribution in [-0.4, -0.2) is 11.9 Å². The minimum absolute atomic E-state index is 0.0626. The van der Waals surface area contributed by atoms with Gasteiger partial charge in [-0.15, -0.1) is 11.6 Å². The van der Waals surface area contributed by atoms with Gasteiger partial charge < -0.3 is 5.32 Å². The molecule has 3 atom stereocenters. The Labute approximate surface area is 120 Å². The van der Waals surface area contributed by atoms with Crippen LogP contribution in [0.2, 0.25) is 0 Å². The van der Waals surface area contributed by atoms with E-state index < -0.39 is 5.38 Å². The molecule has 1 aromatic carbocycles. The quantitative estimate of drug-likeness (QED) is 0.656. The van der Waals surface area contributed by atoms with Crippen molar-refractivity contribution in [3.05, 3.63) is 35.9 Å². The van der Waals surface area contributed by atoms with Crippen LogP contribution in [0.1, 0.15) is 50.0 Å². The number of nitrogens with one attached hydrogen (secondary N) is 1. The largest absolute Gasteiger partial charge is 0.352 e. The molecule has 1 aromatic rings. The molecule has 104 valence electrons. The number of halogens is 1. The highest BCUT2D eigenvalue weighted by molar-refractivity contribution is 6.30. The number of hydrogen-bond donors (Lipinski definition) is 1. The molecule has 1 aliphatic rings. The third-order valence-electron chi connectivity index (χ3n) is 3.93. The molecule has 1 aliphatic carbocycles. The van der Waals surface area contributed by atoms with Crippen molar-refractivity contribution in [3.63, 3.8) is 0 Å². The third kappa shape index (κ3) is 4.24. The van der Waals surface area contributed by atoms with E-state index in [2.05, 4.69) is 12.2 Å². The predicted octanol–water partition coefficient (Wildman–Crippen LogP) is 4.05. The normalized spacial score (nSPS) is 25.4. The zero-order valence-corrected chi connectivity index (χ0v) is 12.2. The SMILES string of the molecule is CC1CCCC(NC(=O)C(Cl)c2ccccc2)CC1. The Kier molecular flexibility index (Phi) is 5.26. The average Bonchev–Trinajstić information content (AvgIpc) is 2.64. The first kappa shape index (κ1) is 14.4. The first-order valence-corrected chi connectivity index (χ1v) is 7.60. The van der Waals surface area contributed by atoms with Gasteiger partial charge in [0.15, 0.2) is 0 Å². The maximum atomic E-state index is 12.2. The lowest BCUT2D eigenvalue weighted by atomic mass is 10.0. The highest BCUT2D eigenvalue weighted by Gasteiger charge is 2.22. The maximum Gasteiger partial charge on any atom is 0.242 e. The van der Waals surface area contributed by atoms with Crippen molar-refractivity contribution in [1.29, 1.82) is 0 Å². The Morgan fingerprint density at radius 1 is 1.21 bits per heavy atom. The second kappa shape index (κ2) is 6.95. The van der Waals surface area contributed by atoms with Crippen LogP contribution in [0.25, 0.3) is 0 Å². The molecule has 0 heterocycles. The summed E-state index contributed by atoms with van der Waals surface area (Å²) in [4.78, 5) is 12.2. The van der Waals surface area contributed by atoms with Gasteiger partial charge in [-0.25, -0.2) is 0 Å². The van der Waals surface area contributed by atoms with Gasteiger partial charge in [0.1, 0.15) is 5.38 Å².